The van der Waals surface area contributed by atoms with E-state index in [4.69, 9.17) is 10.5 Å². The van der Waals surface area contributed by atoms with Gasteiger partial charge in [-0.1, -0.05) is 54.1 Å². The average Bonchev–Trinajstić information content (AvgIpc) is 3.05. The molecule has 1 spiro atoms. The van der Waals surface area contributed by atoms with Crippen molar-refractivity contribution in [3.63, 3.8) is 0 Å². The van der Waals surface area contributed by atoms with E-state index in [-0.39, 0.29) is 35.9 Å². The van der Waals surface area contributed by atoms with Gasteiger partial charge in [-0.2, -0.15) is 5.26 Å². The Morgan fingerprint density at radius 1 is 1.14 bits per heavy atom. The van der Waals surface area contributed by atoms with Crippen molar-refractivity contribution in [2.24, 2.45) is 5.73 Å². The number of nitrogens with zero attached hydrogens (tertiary/aromatic N) is 3. The Kier molecular flexibility index (Phi) is 5.10. The Morgan fingerprint density at radius 3 is 2.63 bits per heavy atom. The molecule has 0 aliphatic carbocycles. The number of hydrogen-bond acceptors (Lipinski definition) is 5. The first kappa shape index (κ1) is 22.2. The van der Waals surface area contributed by atoms with E-state index >= 15 is 0 Å². The monoisotopic (exact) mass is 464 g/mol. The summed E-state index contributed by atoms with van der Waals surface area (Å²) in [7, 11) is 0. The number of hydrogen-bond donors (Lipinski definition) is 1. The molecule has 5 rings (SSSR count). The summed E-state index contributed by atoms with van der Waals surface area (Å²) in [6.45, 7) is 8.04. The number of amides is 1. The molecule has 0 radical (unpaired) electrons. The molecule has 2 aromatic carbocycles. The highest BCUT2D eigenvalue weighted by Crippen LogP contribution is 2.54. The minimum absolute atomic E-state index is 0.0831. The number of para-hydroxylation sites is 1. The van der Waals surface area contributed by atoms with Crippen LogP contribution in [0.2, 0.25) is 0 Å². The lowest BCUT2D eigenvalue weighted by molar-refractivity contribution is -0.121. The summed E-state index contributed by atoms with van der Waals surface area (Å²) < 4.78 is 7.29. The molecule has 0 saturated heterocycles. The summed E-state index contributed by atoms with van der Waals surface area (Å²) in [4.78, 5) is 30.0. The zero-order chi connectivity index (χ0) is 24.9. The van der Waals surface area contributed by atoms with Crippen LogP contribution in [0.15, 0.2) is 83.5 Å². The lowest BCUT2D eigenvalue weighted by Crippen LogP contribution is -2.49. The molecule has 7 heteroatoms. The maximum atomic E-state index is 14.5. The predicted octanol–water partition coefficient (Wildman–Crippen LogP) is 3.57. The summed E-state index contributed by atoms with van der Waals surface area (Å²) in [5, 5.41) is 10.2. The Morgan fingerprint density at radius 2 is 1.91 bits per heavy atom. The van der Waals surface area contributed by atoms with E-state index in [0.29, 0.717) is 16.9 Å². The third-order valence-electron chi connectivity index (χ3n) is 6.70. The number of carbonyl (C=O) groups excluding carboxylic acids is 1. The zero-order valence-corrected chi connectivity index (χ0v) is 19.5. The van der Waals surface area contributed by atoms with Gasteiger partial charge in [-0.3, -0.25) is 9.59 Å². The van der Waals surface area contributed by atoms with Gasteiger partial charge in [-0.15, -0.1) is 6.58 Å². The highest BCUT2D eigenvalue weighted by Gasteiger charge is 2.60. The molecule has 3 heterocycles. The van der Waals surface area contributed by atoms with E-state index < -0.39 is 16.9 Å². The zero-order valence-electron chi connectivity index (χ0n) is 19.5. The fourth-order valence-electron chi connectivity index (χ4n) is 5.23. The van der Waals surface area contributed by atoms with Gasteiger partial charge in [0.2, 0.25) is 11.8 Å². The van der Waals surface area contributed by atoms with Gasteiger partial charge < -0.3 is 19.9 Å². The number of fused-ring (bicyclic) bond motifs is 4. The van der Waals surface area contributed by atoms with Crippen LogP contribution < -0.4 is 20.9 Å². The smallest absolute Gasteiger partial charge is 0.259 e. The summed E-state index contributed by atoms with van der Waals surface area (Å²) in [5.74, 6) is -0.402. The highest BCUT2D eigenvalue weighted by molar-refractivity contribution is 6.14. The second-order valence-electron chi connectivity index (χ2n) is 8.83. The Bertz CT molecular complexity index is 1540. The van der Waals surface area contributed by atoms with Crippen LogP contribution in [0.3, 0.4) is 0 Å². The van der Waals surface area contributed by atoms with Crippen molar-refractivity contribution in [2.45, 2.75) is 32.4 Å². The number of aryl methyl sites for hydroxylation is 2. The lowest BCUT2D eigenvalue weighted by atomic mass is 9.69. The molecule has 0 fully saturated rings. The van der Waals surface area contributed by atoms with Crippen molar-refractivity contribution >= 4 is 11.6 Å². The maximum Gasteiger partial charge on any atom is 0.259 e. The Hall–Kier alpha value is -4.57. The summed E-state index contributed by atoms with van der Waals surface area (Å²) in [6.07, 6.45) is 1.61. The first-order chi connectivity index (χ1) is 16.8. The number of carbonyl (C=O) groups is 1. The molecule has 2 N–H and O–H groups in total. The first-order valence-corrected chi connectivity index (χ1v) is 11.3. The predicted molar refractivity (Wildman–Crippen MR) is 133 cm³/mol. The second-order valence-corrected chi connectivity index (χ2v) is 8.83. The van der Waals surface area contributed by atoms with E-state index in [9.17, 15) is 14.9 Å². The number of anilines is 1. The molecule has 1 aromatic heterocycles. The standard InChI is InChI=1S/C28H24N4O3/c1-4-12-31-18(3)14-23-24(26(31)33)28(21(15-29)25(30)35-23)20-10-5-6-11-22(20)32(27(28)34)16-19-9-7-8-17(2)13-19/h4-11,13-14H,1,12,16,30H2,2-3H3. The van der Waals surface area contributed by atoms with E-state index in [0.717, 1.165) is 11.1 Å². The number of aromatic nitrogens is 1. The van der Waals surface area contributed by atoms with Crippen molar-refractivity contribution in [1.82, 2.24) is 4.57 Å². The Balaban J connectivity index is 1.84. The van der Waals surface area contributed by atoms with Crippen LogP contribution in [0, 0.1) is 25.2 Å². The SMILES string of the molecule is C=CCn1c(C)cc2c(c1=O)C1(C(=O)N(Cc3cccc(C)c3)c3ccccc31)C(C#N)=C(N)O2. The van der Waals surface area contributed by atoms with Crippen LogP contribution >= 0.6 is 0 Å². The van der Waals surface area contributed by atoms with Crippen LogP contribution in [-0.2, 0) is 23.3 Å². The number of rotatable bonds is 4. The summed E-state index contributed by atoms with van der Waals surface area (Å²) >= 11 is 0. The summed E-state index contributed by atoms with van der Waals surface area (Å²) in [6, 6.07) is 18.9. The van der Waals surface area contributed by atoms with Crippen molar-refractivity contribution < 1.29 is 9.53 Å². The molecule has 1 amide bonds. The van der Waals surface area contributed by atoms with Crippen molar-refractivity contribution in [2.75, 3.05) is 4.90 Å². The summed E-state index contributed by atoms with van der Waals surface area (Å²) in [5.41, 5.74) is 7.92. The quantitative estimate of drug-likeness (QED) is 0.595. The fraction of sp³-hybridized carbons (Fsp3) is 0.179. The van der Waals surface area contributed by atoms with Gasteiger partial charge in [0.1, 0.15) is 17.4 Å². The average molecular weight is 465 g/mol. The minimum Gasteiger partial charge on any atom is -0.440 e. The molecule has 2 aliphatic rings. The van der Waals surface area contributed by atoms with Gasteiger partial charge in [-0.25, -0.2) is 0 Å². The third-order valence-corrected chi connectivity index (χ3v) is 6.70. The first-order valence-electron chi connectivity index (χ1n) is 11.3. The number of nitrogens with two attached hydrogens (primary N) is 1. The van der Waals surface area contributed by atoms with Crippen molar-refractivity contribution in [3.05, 3.63) is 117 Å². The molecule has 174 valence electrons. The number of allylic oxidation sites excluding steroid dienone is 1. The van der Waals surface area contributed by atoms with Gasteiger partial charge in [0, 0.05) is 29.6 Å². The van der Waals surface area contributed by atoms with E-state index in [2.05, 4.69) is 12.6 Å². The van der Waals surface area contributed by atoms with Crippen molar-refractivity contribution in [1.29, 1.82) is 5.26 Å². The van der Waals surface area contributed by atoms with Crippen LogP contribution in [0.1, 0.15) is 27.9 Å². The lowest BCUT2D eigenvalue weighted by Gasteiger charge is -2.34. The van der Waals surface area contributed by atoms with Crippen LogP contribution in [0.25, 0.3) is 0 Å². The van der Waals surface area contributed by atoms with Gasteiger partial charge in [-0.05, 0) is 25.5 Å². The van der Waals surface area contributed by atoms with Crippen LogP contribution in [0.4, 0.5) is 5.69 Å². The second kappa shape index (κ2) is 8.03. The van der Waals surface area contributed by atoms with Gasteiger partial charge in [0.05, 0.1) is 12.1 Å². The normalized spacial score (nSPS) is 18.2. The number of benzene rings is 2. The number of ether oxygens (including phenoxy) is 1. The fourth-order valence-corrected chi connectivity index (χ4v) is 5.23. The molecule has 3 aromatic rings. The third kappa shape index (κ3) is 3.03. The molecule has 0 bridgehead atoms. The minimum atomic E-state index is -1.71. The molecule has 1 atom stereocenters. The number of pyridine rings is 1. The van der Waals surface area contributed by atoms with E-state index in [1.54, 1.807) is 36.1 Å². The van der Waals surface area contributed by atoms with Crippen LogP contribution in [-0.4, -0.2) is 10.5 Å². The molecular weight excluding hydrogens is 440 g/mol. The van der Waals surface area contributed by atoms with Crippen LogP contribution in [0.5, 0.6) is 5.75 Å². The number of nitriles is 1. The topological polar surface area (TPSA) is 101 Å². The van der Waals surface area contributed by atoms with Gasteiger partial charge in [0.25, 0.3) is 5.56 Å². The largest absolute Gasteiger partial charge is 0.440 e. The van der Waals surface area contributed by atoms with Crippen molar-refractivity contribution in [3.8, 4) is 11.8 Å². The molecule has 0 saturated carbocycles. The molecule has 1 unspecified atom stereocenters. The van der Waals surface area contributed by atoms with E-state index in [1.165, 1.54) is 4.57 Å². The molecule has 7 nitrogen and oxygen atoms in total. The highest BCUT2D eigenvalue weighted by atomic mass is 16.5. The van der Waals surface area contributed by atoms with E-state index in [1.807, 2.05) is 43.3 Å². The molecule has 2 aliphatic heterocycles. The van der Waals surface area contributed by atoms with Gasteiger partial charge >= 0.3 is 0 Å². The maximum absolute atomic E-state index is 14.5. The Labute approximate surface area is 203 Å². The van der Waals surface area contributed by atoms with Gasteiger partial charge in [0.15, 0.2) is 5.41 Å². The molecule has 35 heavy (non-hydrogen) atoms. The molecular formula is C28H24N4O3.